The van der Waals surface area contributed by atoms with Crippen LogP contribution in [0.25, 0.3) is 0 Å². The van der Waals surface area contributed by atoms with Gasteiger partial charge in [-0.3, -0.25) is 4.79 Å². The predicted molar refractivity (Wildman–Crippen MR) is 106 cm³/mol. The molecule has 4 rings (SSSR count). The molecule has 28 heavy (non-hydrogen) atoms. The SMILES string of the molecule is COc1ccc(OC)c(CN(C(=O)C2CC(c3ccccc3)=NO2)C2CC2)c1. The molecule has 6 nitrogen and oxygen atoms in total. The van der Waals surface area contributed by atoms with Gasteiger partial charge in [-0.05, 0) is 36.6 Å². The molecule has 0 N–H and O–H groups in total. The summed E-state index contributed by atoms with van der Waals surface area (Å²) in [5, 5.41) is 4.16. The third-order valence-corrected chi connectivity index (χ3v) is 5.15. The molecule has 6 heteroatoms. The van der Waals surface area contributed by atoms with Crippen LogP contribution in [0.15, 0.2) is 53.7 Å². The van der Waals surface area contributed by atoms with Gasteiger partial charge in [0.1, 0.15) is 11.5 Å². The molecule has 1 heterocycles. The third kappa shape index (κ3) is 3.81. The molecule has 2 aliphatic rings. The fourth-order valence-corrected chi connectivity index (χ4v) is 3.46. The minimum absolute atomic E-state index is 0.0259. The van der Waals surface area contributed by atoms with Crippen LogP contribution in [0.5, 0.6) is 11.5 Å². The van der Waals surface area contributed by atoms with Gasteiger partial charge in [0.2, 0.25) is 6.10 Å². The fraction of sp³-hybridized carbons (Fsp3) is 0.364. The lowest BCUT2D eigenvalue weighted by Crippen LogP contribution is -2.40. The number of oxime groups is 1. The molecule has 0 saturated heterocycles. The Morgan fingerprint density at radius 3 is 2.61 bits per heavy atom. The van der Waals surface area contributed by atoms with Crippen molar-refractivity contribution in [3.05, 3.63) is 59.7 Å². The van der Waals surface area contributed by atoms with Crippen LogP contribution in [-0.2, 0) is 16.2 Å². The van der Waals surface area contributed by atoms with Crippen LogP contribution in [0.1, 0.15) is 30.4 Å². The summed E-state index contributed by atoms with van der Waals surface area (Å²) in [5.74, 6) is 1.46. The van der Waals surface area contributed by atoms with Gasteiger partial charge in [0.25, 0.3) is 5.91 Å². The highest BCUT2D eigenvalue weighted by molar-refractivity contribution is 6.04. The Balaban J connectivity index is 1.49. The zero-order chi connectivity index (χ0) is 19.5. The second-order valence-electron chi connectivity index (χ2n) is 7.08. The van der Waals surface area contributed by atoms with Crippen molar-refractivity contribution in [3.63, 3.8) is 0 Å². The number of carbonyl (C=O) groups is 1. The third-order valence-electron chi connectivity index (χ3n) is 5.15. The number of rotatable bonds is 7. The fourth-order valence-electron chi connectivity index (χ4n) is 3.46. The lowest BCUT2D eigenvalue weighted by Gasteiger charge is -2.25. The number of nitrogens with zero attached hydrogens (tertiary/aromatic N) is 2. The van der Waals surface area contributed by atoms with Crippen molar-refractivity contribution in [2.24, 2.45) is 5.16 Å². The predicted octanol–water partition coefficient (Wildman–Crippen LogP) is 3.39. The van der Waals surface area contributed by atoms with Gasteiger partial charge < -0.3 is 19.2 Å². The summed E-state index contributed by atoms with van der Waals surface area (Å²) in [6.45, 7) is 0.463. The van der Waals surface area contributed by atoms with E-state index in [1.165, 1.54) is 0 Å². The summed E-state index contributed by atoms with van der Waals surface area (Å²) in [7, 11) is 3.26. The number of methoxy groups -OCH3 is 2. The first-order chi connectivity index (χ1) is 13.7. The van der Waals surface area contributed by atoms with Gasteiger partial charge in [-0.15, -0.1) is 0 Å². The van der Waals surface area contributed by atoms with Gasteiger partial charge in [-0.25, -0.2) is 0 Å². The second kappa shape index (κ2) is 7.92. The normalized spacial score (nSPS) is 18.2. The first-order valence-electron chi connectivity index (χ1n) is 9.49. The molecule has 2 aromatic carbocycles. The highest BCUT2D eigenvalue weighted by Crippen LogP contribution is 2.33. The highest BCUT2D eigenvalue weighted by atomic mass is 16.6. The number of hydrogen-bond donors (Lipinski definition) is 0. The molecule has 1 amide bonds. The maximum Gasteiger partial charge on any atom is 0.267 e. The quantitative estimate of drug-likeness (QED) is 0.739. The van der Waals surface area contributed by atoms with Crippen LogP contribution >= 0.6 is 0 Å². The number of carbonyl (C=O) groups excluding carboxylic acids is 1. The van der Waals surface area contributed by atoms with Crippen LogP contribution in [-0.4, -0.2) is 42.9 Å². The lowest BCUT2D eigenvalue weighted by atomic mass is 10.0. The van der Waals surface area contributed by atoms with Crippen molar-refractivity contribution < 1.29 is 19.1 Å². The highest BCUT2D eigenvalue weighted by Gasteiger charge is 2.39. The molecule has 1 unspecified atom stereocenters. The summed E-state index contributed by atoms with van der Waals surface area (Å²) in [6, 6.07) is 15.7. The van der Waals surface area contributed by atoms with Crippen LogP contribution in [0.4, 0.5) is 0 Å². The first-order valence-corrected chi connectivity index (χ1v) is 9.49. The summed E-state index contributed by atoms with van der Waals surface area (Å²) in [6.07, 6.45) is 1.93. The Labute approximate surface area is 164 Å². The number of hydrogen-bond acceptors (Lipinski definition) is 5. The molecule has 1 atom stereocenters. The summed E-state index contributed by atoms with van der Waals surface area (Å²) >= 11 is 0. The molecule has 1 saturated carbocycles. The minimum Gasteiger partial charge on any atom is -0.497 e. The molecule has 2 aromatic rings. The average molecular weight is 380 g/mol. The molecule has 0 bridgehead atoms. The van der Waals surface area contributed by atoms with E-state index in [4.69, 9.17) is 14.3 Å². The van der Waals surface area contributed by atoms with Crippen LogP contribution < -0.4 is 9.47 Å². The lowest BCUT2D eigenvalue weighted by molar-refractivity contribution is -0.143. The van der Waals surface area contributed by atoms with Gasteiger partial charge in [0.05, 0.1) is 19.9 Å². The molecule has 146 valence electrons. The summed E-state index contributed by atoms with van der Waals surface area (Å²) < 4.78 is 10.8. The van der Waals surface area contributed by atoms with Crippen LogP contribution in [0.2, 0.25) is 0 Å². The molecular weight excluding hydrogens is 356 g/mol. The Kier molecular flexibility index (Phi) is 5.19. The number of ether oxygens (including phenoxy) is 2. The Bertz CT molecular complexity index is 877. The Morgan fingerprint density at radius 2 is 1.93 bits per heavy atom. The van der Waals surface area contributed by atoms with E-state index in [0.29, 0.717) is 13.0 Å². The van der Waals surface area contributed by atoms with Crippen molar-refractivity contribution in [1.29, 1.82) is 0 Å². The topological polar surface area (TPSA) is 60.4 Å². The average Bonchev–Trinajstić information content (AvgIpc) is 3.47. The van der Waals surface area contributed by atoms with Crippen molar-refractivity contribution in [2.75, 3.05) is 14.2 Å². The van der Waals surface area contributed by atoms with Crippen molar-refractivity contribution >= 4 is 11.6 Å². The Morgan fingerprint density at radius 1 is 1.14 bits per heavy atom. The van der Waals surface area contributed by atoms with E-state index < -0.39 is 6.10 Å². The monoisotopic (exact) mass is 380 g/mol. The zero-order valence-corrected chi connectivity index (χ0v) is 16.1. The van der Waals surface area contributed by atoms with Gasteiger partial charge >= 0.3 is 0 Å². The van der Waals surface area contributed by atoms with Crippen LogP contribution in [0.3, 0.4) is 0 Å². The Hall–Kier alpha value is -3.02. The van der Waals surface area contributed by atoms with Gasteiger partial charge in [-0.1, -0.05) is 35.5 Å². The van der Waals surface area contributed by atoms with Crippen LogP contribution in [0, 0.1) is 0 Å². The van der Waals surface area contributed by atoms with E-state index in [1.807, 2.05) is 53.4 Å². The van der Waals surface area contributed by atoms with Crippen molar-refractivity contribution in [3.8, 4) is 11.5 Å². The number of amides is 1. The summed E-state index contributed by atoms with van der Waals surface area (Å²) in [5.41, 5.74) is 2.73. The molecule has 0 spiro atoms. The van der Waals surface area contributed by atoms with Gasteiger partial charge in [0.15, 0.2) is 0 Å². The van der Waals surface area contributed by atoms with Crippen molar-refractivity contribution in [2.45, 2.75) is 38.0 Å². The molecule has 1 aliphatic heterocycles. The molecule has 0 radical (unpaired) electrons. The zero-order valence-electron chi connectivity index (χ0n) is 16.1. The summed E-state index contributed by atoms with van der Waals surface area (Å²) in [4.78, 5) is 20.6. The minimum atomic E-state index is -0.576. The second-order valence-corrected chi connectivity index (χ2v) is 7.08. The maximum atomic E-state index is 13.2. The molecule has 0 aromatic heterocycles. The van der Waals surface area contributed by atoms with Gasteiger partial charge in [0, 0.05) is 24.6 Å². The first kappa shape index (κ1) is 18.3. The number of benzene rings is 2. The molecule has 1 fully saturated rings. The van der Waals surface area contributed by atoms with Gasteiger partial charge in [-0.2, -0.15) is 0 Å². The standard InChI is InChI=1S/C22H24N2O4/c1-26-18-10-11-20(27-2)16(12-18)14-24(17-8-9-17)22(25)21-13-19(23-28-21)15-6-4-3-5-7-15/h3-7,10-12,17,21H,8-9,13-14H2,1-2H3. The largest absolute Gasteiger partial charge is 0.497 e. The van der Waals surface area contributed by atoms with E-state index in [9.17, 15) is 4.79 Å². The van der Waals surface area contributed by atoms with Crippen molar-refractivity contribution in [1.82, 2.24) is 4.90 Å². The maximum absolute atomic E-state index is 13.2. The van der Waals surface area contributed by atoms with E-state index >= 15 is 0 Å². The van der Waals surface area contributed by atoms with E-state index in [0.717, 1.165) is 41.2 Å². The molecular formula is C22H24N2O4. The van der Waals surface area contributed by atoms with E-state index in [1.54, 1.807) is 14.2 Å². The van der Waals surface area contributed by atoms with E-state index in [2.05, 4.69) is 5.16 Å². The van der Waals surface area contributed by atoms with E-state index in [-0.39, 0.29) is 11.9 Å². The molecule has 1 aliphatic carbocycles. The smallest absolute Gasteiger partial charge is 0.267 e.